The molecular weight excluding hydrogens is 202 g/mol. The first-order chi connectivity index (χ1) is 6.84. The molecule has 2 amide bonds. The Bertz CT molecular complexity index is 265. The molecule has 0 radical (unpaired) electrons. The number of nitrogens with two attached hydrogens (primary N) is 2. The van der Waals surface area contributed by atoms with E-state index in [1.54, 1.807) is 0 Å². The van der Waals surface area contributed by atoms with Crippen LogP contribution in [-0.2, 0) is 14.4 Å². The van der Waals surface area contributed by atoms with Gasteiger partial charge in [0.25, 0.3) is 0 Å². The number of carboxylic acids is 1. The molecule has 0 saturated heterocycles. The van der Waals surface area contributed by atoms with Crippen molar-refractivity contribution in [2.45, 2.75) is 31.8 Å². The fraction of sp³-hybridized carbons (Fsp3) is 0.625. The molecule has 6 N–H and O–H groups in total. The molecule has 0 aliphatic carbocycles. The van der Waals surface area contributed by atoms with Crippen LogP contribution in [0.1, 0.15) is 19.8 Å². The molecule has 7 nitrogen and oxygen atoms in total. The van der Waals surface area contributed by atoms with Crippen molar-refractivity contribution >= 4 is 17.8 Å². The van der Waals surface area contributed by atoms with E-state index in [0.717, 1.165) is 0 Å². The fourth-order valence-corrected chi connectivity index (χ4v) is 0.738. The van der Waals surface area contributed by atoms with Crippen LogP contribution < -0.4 is 16.8 Å². The van der Waals surface area contributed by atoms with Crippen LogP contribution in [0.25, 0.3) is 0 Å². The maximum atomic E-state index is 11.2. The molecule has 0 bridgehead atoms. The van der Waals surface area contributed by atoms with Crippen LogP contribution in [0.5, 0.6) is 0 Å². The number of carboxylic acid groups (broad SMARTS) is 1. The van der Waals surface area contributed by atoms with Crippen molar-refractivity contribution in [2.24, 2.45) is 11.5 Å². The molecular formula is C8H15N3O4. The highest BCUT2D eigenvalue weighted by Crippen LogP contribution is 1.94. The molecule has 0 fully saturated rings. The van der Waals surface area contributed by atoms with E-state index in [4.69, 9.17) is 16.6 Å². The number of hydrogen-bond donors (Lipinski definition) is 4. The van der Waals surface area contributed by atoms with E-state index < -0.39 is 29.9 Å². The van der Waals surface area contributed by atoms with Crippen LogP contribution in [0.4, 0.5) is 0 Å². The van der Waals surface area contributed by atoms with Gasteiger partial charge in [0, 0.05) is 6.42 Å². The van der Waals surface area contributed by atoms with Crippen LogP contribution in [0.3, 0.4) is 0 Å². The summed E-state index contributed by atoms with van der Waals surface area (Å²) in [6.45, 7) is 1.42. The third kappa shape index (κ3) is 5.76. The van der Waals surface area contributed by atoms with E-state index in [1.165, 1.54) is 6.92 Å². The monoisotopic (exact) mass is 217 g/mol. The second-order valence-electron chi connectivity index (χ2n) is 3.18. The molecule has 0 aromatic rings. The molecule has 15 heavy (non-hydrogen) atoms. The van der Waals surface area contributed by atoms with E-state index in [9.17, 15) is 14.4 Å². The summed E-state index contributed by atoms with van der Waals surface area (Å²) in [5.74, 6) is -2.39. The van der Waals surface area contributed by atoms with Crippen molar-refractivity contribution in [1.82, 2.24) is 5.32 Å². The van der Waals surface area contributed by atoms with Crippen LogP contribution in [0, 0.1) is 0 Å². The first-order valence-electron chi connectivity index (χ1n) is 4.42. The molecule has 0 aromatic carbocycles. The number of amides is 2. The van der Waals surface area contributed by atoms with Crippen molar-refractivity contribution in [1.29, 1.82) is 0 Å². The molecule has 0 aliphatic heterocycles. The molecule has 0 aromatic heterocycles. The Labute approximate surface area is 86.8 Å². The lowest BCUT2D eigenvalue weighted by Gasteiger charge is -2.11. The number of hydrogen-bond acceptors (Lipinski definition) is 5. The molecule has 2 unspecified atom stereocenters. The second-order valence-corrected chi connectivity index (χ2v) is 3.18. The number of carbonyl (C=O) groups is 3. The maximum Gasteiger partial charge on any atom is 0.303 e. The van der Waals surface area contributed by atoms with Gasteiger partial charge in [-0.3, -0.25) is 19.7 Å². The standard InChI is InChI=1S/C8H15N3O4/c1-4(9)7(14)11-8(15)5(10)2-3-6(12)13/h4-5H,2-3,9-10H2,1H3,(H,12,13)(H,11,14,15). The minimum absolute atomic E-state index is 0.0204. The number of nitrogens with one attached hydrogen (secondary N) is 1. The van der Waals surface area contributed by atoms with Crippen LogP contribution in [0.2, 0.25) is 0 Å². The van der Waals surface area contributed by atoms with Crippen molar-refractivity contribution in [3.05, 3.63) is 0 Å². The first-order valence-corrected chi connectivity index (χ1v) is 4.42. The van der Waals surface area contributed by atoms with Crippen LogP contribution in [0.15, 0.2) is 0 Å². The average Bonchev–Trinajstić information content (AvgIpc) is 2.13. The van der Waals surface area contributed by atoms with E-state index in [-0.39, 0.29) is 12.8 Å². The average molecular weight is 217 g/mol. The Morgan fingerprint density at radius 1 is 1.27 bits per heavy atom. The summed E-state index contributed by atoms with van der Waals surface area (Å²) >= 11 is 0. The largest absolute Gasteiger partial charge is 0.481 e. The molecule has 0 rings (SSSR count). The quantitative estimate of drug-likeness (QED) is 0.427. The van der Waals surface area contributed by atoms with Gasteiger partial charge in [-0.05, 0) is 13.3 Å². The Kier molecular flexibility index (Phi) is 5.50. The summed E-state index contributed by atoms with van der Waals surface area (Å²) in [6.07, 6.45) is -0.242. The zero-order valence-electron chi connectivity index (χ0n) is 8.40. The predicted octanol–water partition coefficient (Wildman–Crippen LogP) is -1.83. The molecule has 0 heterocycles. The maximum absolute atomic E-state index is 11.2. The molecule has 86 valence electrons. The highest BCUT2D eigenvalue weighted by molar-refractivity contribution is 5.99. The van der Waals surface area contributed by atoms with E-state index in [2.05, 4.69) is 0 Å². The van der Waals surface area contributed by atoms with Crippen molar-refractivity contribution < 1.29 is 19.5 Å². The first kappa shape index (κ1) is 13.5. The minimum Gasteiger partial charge on any atom is -0.481 e. The lowest BCUT2D eigenvalue weighted by molar-refractivity contribution is -0.137. The lowest BCUT2D eigenvalue weighted by atomic mass is 10.1. The van der Waals surface area contributed by atoms with E-state index >= 15 is 0 Å². The van der Waals surface area contributed by atoms with Gasteiger partial charge in [0.1, 0.15) is 0 Å². The summed E-state index contributed by atoms with van der Waals surface area (Å²) in [5.41, 5.74) is 10.6. The number of aliphatic carboxylic acids is 1. The fourth-order valence-electron chi connectivity index (χ4n) is 0.738. The van der Waals surface area contributed by atoms with Gasteiger partial charge in [-0.1, -0.05) is 0 Å². The third-order valence-corrected chi connectivity index (χ3v) is 1.67. The van der Waals surface area contributed by atoms with Gasteiger partial charge in [0.15, 0.2) is 0 Å². The number of rotatable bonds is 5. The van der Waals surface area contributed by atoms with E-state index in [0.29, 0.717) is 0 Å². The Balaban J connectivity index is 3.99. The van der Waals surface area contributed by atoms with Gasteiger partial charge >= 0.3 is 5.97 Å². The zero-order valence-corrected chi connectivity index (χ0v) is 8.40. The topological polar surface area (TPSA) is 136 Å². The summed E-state index contributed by atoms with van der Waals surface area (Å²) in [4.78, 5) is 32.3. The van der Waals surface area contributed by atoms with Gasteiger partial charge in [0.2, 0.25) is 11.8 Å². The van der Waals surface area contributed by atoms with Gasteiger partial charge in [-0.2, -0.15) is 0 Å². The molecule has 7 heteroatoms. The lowest BCUT2D eigenvalue weighted by Crippen LogP contribution is -2.48. The van der Waals surface area contributed by atoms with Gasteiger partial charge < -0.3 is 16.6 Å². The van der Waals surface area contributed by atoms with E-state index in [1.807, 2.05) is 5.32 Å². The second kappa shape index (κ2) is 6.10. The van der Waals surface area contributed by atoms with Crippen molar-refractivity contribution in [3.8, 4) is 0 Å². The zero-order chi connectivity index (χ0) is 12.0. The third-order valence-electron chi connectivity index (χ3n) is 1.67. The molecule has 0 aliphatic rings. The van der Waals surface area contributed by atoms with Gasteiger partial charge in [-0.15, -0.1) is 0 Å². The summed E-state index contributed by atoms with van der Waals surface area (Å²) in [5, 5.41) is 10.3. The van der Waals surface area contributed by atoms with Crippen molar-refractivity contribution in [3.63, 3.8) is 0 Å². The predicted molar refractivity (Wildman–Crippen MR) is 51.6 cm³/mol. The highest BCUT2D eigenvalue weighted by atomic mass is 16.4. The smallest absolute Gasteiger partial charge is 0.303 e. The van der Waals surface area contributed by atoms with Gasteiger partial charge in [-0.25, -0.2) is 0 Å². The molecule has 0 saturated carbocycles. The normalized spacial score (nSPS) is 14.1. The Morgan fingerprint density at radius 3 is 2.20 bits per heavy atom. The summed E-state index contributed by atoms with van der Waals surface area (Å²) in [7, 11) is 0. The Hall–Kier alpha value is -1.47. The minimum atomic E-state index is -1.04. The highest BCUT2D eigenvalue weighted by Gasteiger charge is 2.18. The van der Waals surface area contributed by atoms with Crippen LogP contribution in [-0.4, -0.2) is 35.0 Å². The number of carbonyl (C=O) groups excluding carboxylic acids is 2. The summed E-state index contributed by atoms with van der Waals surface area (Å²) in [6, 6.07) is -1.82. The SMILES string of the molecule is CC(N)C(=O)NC(=O)C(N)CCC(=O)O. The van der Waals surface area contributed by atoms with Crippen molar-refractivity contribution in [2.75, 3.05) is 0 Å². The molecule has 0 spiro atoms. The summed E-state index contributed by atoms with van der Waals surface area (Å²) < 4.78 is 0. The molecule has 2 atom stereocenters. The van der Waals surface area contributed by atoms with Crippen LogP contribution >= 0.6 is 0 Å². The number of imide groups is 1. The van der Waals surface area contributed by atoms with Gasteiger partial charge in [0.05, 0.1) is 12.1 Å². The Morgan fingerprint density at radius 2 is 1.80 bits per heavy atom.